The first-order valence-corrected chi connectivity index (χ1v) is 17.7. The third-order valence-electron chi connectivity index (χ3n) is 7.69. The van der Waals surface area contributed by atoms with E-state index in [-0.39, 0.29) is 6.54 Å². The van der Waals surface area contributed by atoms with Gasteiger partial charge in [-0.25, -0.2) is 36.4 Å². The summed E-state index contributed by atoms with van der Waals surface area (Å²) in [5.74, 6) is -1.01. The number of nitrogens with one attached hydrogen (secondary N) is 4. The van der Waals surface area contributed by atoms with Crippen LogP contribution in [-0.4, -0.2) is 84.1 Å². The smallest absolute Gasteiger partial charge is 0.322 e. The fraction of sp³-hybridized carbons (Fsp3) is 0.462. The van der Waals surface area contributed by atoms with E-state index >= 15 is 0 Å². The zero-order valence-corrected chi connectivity index (χ0v) is 26.1. The van der Waals surface area contributed by atoms with Crippen molar-refractivity contribution in [3.05, 3.63) is 47.5 Å². The largest absolute Gasteiger partial charge is 0.322 e. The minimum atomic E-state index is -3.83. The minimum absolute atomic E-state index is 0.237. The number of aromatic nitrogens is 2. The number of amides is 6. The van der Waals surface area contributed by atoms with Crippen LogP contribution in [0.4, 0.5) is 9.59 Å². The molecule has 15 nitrogen and oxygen atoms in total. The molecule has 3 fully saturated rings. The number of carbonyl (C=O) groups excluding carboxylic acids is 4. The van der Waals surface area contributed by atoms with Gasteiger partial charge in [0.05, 0.1) is 11.5 Å². The van der Waals surface area contributed by atoms with Crippen molar-refractivity contribution in [3.63, 3.8) is 0 Å². The third-order valence-corrected chi connectivity index (χ3v) is 11.0. The first kappa shape index (κ1) is 31.7. The van der Waals surface area contributed by atoms with Gasteiger partial charge in [0, 0.05) is 47.6 Å². The van der Waals surface area contributed by atoms with Gasteiger partial charge in [-0.1, -0.05) is 18.2 Å². The number of hydrogen-bond acceptors (Lipinski definition) is 10. The first-order valence-electron chi connectivity index (χ1n) is 13.6. The molecule has 6 amide bonds. The maximum absolute atomic E-state index is 13.0. The number of fused-ring (bicyclic) bond motifs is 1. The molecule has 44 heavy (non-hydrogen) atoms. The number of halogens is 1. The van der Waals surface area contributed by atoms with Crippen molar-refractivity contribution in [2.45, 2.75) is 56.7 Å². The lowest BCUT2D eigenvalue weighted by atomic mass is 9.96. The van der Waals surface area contributed by atoms with Gasteiger partial charge in [-0.2, -0.15) is 4.31 Å². The Morgan fingerprint density at radius 3 is 1.93 bits per heavy atom. The predicted octanol–water partition coefficient (Wildman–Crippen LogP) is 0.460. The van der Waals surface area contributed by atoms with Crippen molar-refractivity contribution >= 4 is 53.6 Å². The SMILES string of the molecule is C[C@]1(CS(=O)(=O)Cl)NC(=O)NC1=O.C[C@]1(CS(=O)(=O)N2CCc3cc(-c4cnc(C5CC5)nc4)ccc3C2)NC(=O)NC1=O. The Morgan fingerprint density at radius 1 is 0.864 bits per heavy atom. The van der Waals surface area contributed by atoms with E-state index in [0.717, 1.165) is 40.9 Å². The van der Waals surface area contributed by atoms with Crippen LogP contribution in [0.15, 0.2) is 30.6 Å². The van der Waals surface area contributed by atoms with Crippen molar-refractivity contribution in [2.24, 2.45) is 0 Å². The molecule has 2 saturated heterocycles. The van der Waals surface area contributed by atoms with Crippen LogP contribution in [0.5, 0.6) is 0 Å². The van der Waals surface area contributed by atoms with E-state index in [4.69, 9.17) is 10.7 Å². The summed E-state index contributed by atoms with van der Waals surface area (Å²) in [6.07, 6.45) is 6.59. The Balaban J connectivity index is 0.000000249. The van der Waals surface area contributed by atoms with E-state index in [1.165, 1.54) is 18.2 Å². The molecule has 0 bridgehead atoms. The van der Waals surface area contributed by atoms with Crippen LogP contribution < -0.4 is 21.3 Å². The molecule has 3 aliphatic heterocycles. The number of urea groups is 2. The lowest BCUT2D eigenvalue weighted by molar-refractivity contribution is -0.123. The van der Waals surface area contributed by atoms with Crippen LogP contribution in [0.2, 0.25) is 0 Å². The molecule has 0 radical (unpaired) electrons. The van der Waals surface area contributed by atoms with Gasteiger partial charge >= 0.3 is 12.1 Å². The van der Waals surface area contributed by atoms with E-state index in [0.29, 0.717) is 18.9 Å². The lowest BCUT2D eigenvalue weighted by Crippen LogP contribution is -2.53. The highest BCUT2D eigenvalue weighted by atomic mass is 35.7. The standard InChI is InChI=1S/C21H23N5O4S.C5H7ClN2O4S/c1-21(19(27)24-20(28)25-21)12-31(29,30)26-7-6-15-8-14(4-5-16(15)11-26)17-9-22-18(23-10-17)13-2-3-13;1-5(2-13(6,11)12)3(9)7-4(10)8-5/h4-5,8-10,13H,2-3,6-7,11-12H2,1H3,(H2,24,25,27,28);2H2,1H3,(H2,7,8,9,10)/t21-;5-/m11/s1. The topological polar surface area (TPSA) is 214 Å². The fourth-order valence-corrected chi connectivity index (χ4v) is 8.52. The van der Waals surface area contributed by atoms with E-state index in [1.807, 2.05) is 29.8 Å². The van der Waals surface area contributed by atoms with Crippen molar-refractivity contribution in [2.75, 3.05) is 18.1 Å². The van der Waals surface area contributed by atoms with Crippen LogP contribution >= 0.6 is 10.7 Å². The van der Waals surface area contributed by atoms with Gasteiger partial charge in [-0.3, -0.25) is 20.2 Å². The van der Waals surface area contributed by atoms with E-state index in [1.54, 1.807) is 0 Å². The minimum Gasteiger partial charge on any atom is -0.322 e. The molecular formula is C26H30ClN7O8S2. The molecule has 2 aromatic rings. The van der Waals surface area contributed by atoms with Gasteiger partial charge in [0.15, 0.2) is 0 Å². The van der Waals surface area contributed by atoms with E-state index in [9.17, 15) is 36.0 Å². The summed E-state index contributed by atoms with van der Waals surface area (Å²) in [6.45, 7) is 3.26. The number of hydrogen-bond donors (Lipinski definition) is 4. The Bertz CT molecular complexity index is 1770. The zero-order chi connectivity index (χ0) is 32.1. The summed E-state index contributed by atoms with van der Waals surface area (Å²) < 4.78 is 48.7. The number of rotatable bonds is 7. The molecule has 1 aliphatic carbocycles. The molecule has 4 heterocycles. The monoisotopic (exact) mass is 667 g/mol. The van der Waals surface area contributed by atoms with Crippen LogP contribution in [-0.2, 0) is 41.6 Å². The second kappa shape index (κ2) is 11.4. The quantitative estimate of drug-likeness (QED) is 0.236. The number of imide groups is 2. The summed E-state index contributed by atoms with van der Waals surface area (Å²) in [6, 6.07) is 4.57. The highest BCUT2D eigenvalue weighted by molar-refractivity contribution is 8.13. The normalized spacial score (nSPS) is 25.2. The first-order chi connectivity index (χ1) is 20.5. The van der Waals surface area contributed by atoms with Crippen LogP contribution in [0.3, 0.4) is 0 Å². The van der Waals surface area contributed by atoms with Crippen molar-refractivity contribution in [3.8, 4) is 11.1 Å². The van der Waals surface area contributed by atoms with Crippen LogP contribution in [0.1, 0.15) is 49.6 Å². The highest BCUT2D eigenvalue weighted by Gasteiger charge is 2.47. The van der Waals surface area contributed by atoms with Gasteiger partial charge in [-0.15, -0.1) is 0 Å². The Labute approximate surface area is 258 Å². The molecule has 1 aromatic carbocycles. The van der Waals surface area contributed by atoms with Crippen LogP contribution in [0.25, 0.3) is 11.1 Å². The van der Waals surface area contributed by atoms with Crippen molar-refractivity contribution in [1.82, 2.24) is 35.5 Å². The molecule has 2 atom stereocenters. The van der Waals surface area contributed by atoms with Gasteiger partial charge in [0.2, 0.25) is 19.1 Å². The second-order valence-corrected chi connectivity index (χ2v) is 16.3. The molecule has 4 N–H and O–H groups in total. The van der Waals surface area contributed by atoms with E-state index < -0.39 is 65.5 Å². The maximum atomic E-state index is 13.0. The van der Waals surface area contributed by atoms with Gasteiger partial charge in [0.1, 0.15) is 16.9 Å². The summed E-state index contributed by atoms with van der Waals surface area (Å²) in [4.78, 5) is 54.1. The number of nitrogens with zero attached hydrogens (tertiary/aromatic N) is 3. The molecule has 1 aromatic heterocycles. The second-order valence-electron chi connectivity index (χ2n) is 11.6. The number of carbonyl (C=O) groups is 4. The summed E-state index contributed by atoms with van der Waals surface area (Å²) in [7, 11) is -2.62. The number of benzene rings is 1. The molecule has 0 spiro atoms. The van der Waals surface area contributed by atoms with E-state index in [2.05, 4.69) is 32.0 Å². The summed E-state index contributed by atoms with van der Waals surface area (Å²) in [5.41, 5.74) is 1.05. The summed E-state index contributed by atoms with van der Waals surface area (Å²) >= 11 is 0. The molecule has 18 heteroatoms. The van der Waals surface area contributed by atoms with Crippen molar-refractivity contribution in [1.29, 1.82) is 0 Å². The molecule has 1 saturated carbocycles. The average molecular weight is 668 g/mol. The molecule has 0 unspecified atom stereocenters. The fourth-order valence-electron chi connectivity index (χ4n) is 5.15. The molecule has 4 aliphatic rings. The van der Waals surface area contributed by atoms with Gasteiger partial charge < -0.3 is 10.6 Å². The Morgan fingerprint density at radius 2 is 1.43 bits per heavy atom. The lowest BCUT2D eigenvalue weighted by Gasteiger charge is -2.31. The van der Waals surface area contributed by atoms with Gasteiger partial charge in [-0.05, 0) is 49.8 Å². The average Bonchev–Trinajstić information content (AvgIpc) is 3.69. The molecular weight excluding hydrogens is 638 g/mol. The number of sulfonamides is 1. The third kappa shape index (κ3) is 7.00. The maximum Gasteiger partial charge on any atom is 0.322 e. The molecule has 236 valence electrons. The summed E-state index contributed by atoms with van der Waals surface area (Å²) in [5, 5.41) is 8.61. The predicted molar refractivity (Wildman–Crippen MR) is 157 cm³/mol. The molecule has 6 rings (SSSR count). The van der Waals surface area contributed by atoms with Gasteiger partial charge in [0.25, 0.3) is 11.8 Å². The Kier molecular flexibility index (Phi) is 8.19. The van der Waals surface area contributed by atoms with Crippen molar-refractivity contribution < 1.29 is 36.0 Å². The Hall–Kier alpha value is -3.67. The zero-order valence-electron chi connectivity index (χ0n) is 23.7. The van der Waals surface area contributed by atoms with Crippen LogP contribution in [0, 0.1) is 0 Å². The highest BCUT2D eigenvalue weighted by Crippen LogP contribution is 2.38.